The molecule has 0 aliphatic rings. The minimum absolute atomic E-state index is 0.156. The molecule has 0 saturated heterocycles. The lowest BCUT2D eigenvalue weighted by Gasteiger charge is -2.14. The highest BCUT2D eigenvalue weighted by Crippen LogP contribution is 2.35. The van der Waals surface area contributed by atoms with Gasteiger partial charge < -0.3 is 9.67 Å². The summed E-state index contributed by atoms with van der Waals surface area (Å²) in [6.45, 7) is 1.40. The third-order valence-electron chi connectivity index (χ3n) is 5.76. The maximum atomic E-state index is 13.4. The van der Waals surface area contributed by atoms with Gasteiger partial charge in [-0.1, -0.05) is 66.7 Å². The van der Waals surface area contributed by atoms with Crippen LogP contribution in [0.5, 0.6) is 0 Å². The van der Waals surface area contributed by atoms with Crippen molar-refractivity contribution in [1.82, 2.24) is 4.57 Å². The van der Waals surface area contributed by atoms with E-state index in [-0.39, 0.29) is 22.8 Å². The van der Waals surface area contributed by atoms with Crippen LogP contribution in [0.15, 0.2) is 94.7 Å². The average molecular weight is 471 g/mol. The largest absolute Gasteiger partial charge is 0.480 e. The highest BCUT2D eigenvalue weighted by molar-refractivity contribution is 7.91. The molecular weight excluding hydrogens is 448 g/mol. The summed E-state index contributed by atoms with van der Waals surface area (Å²) in [5, 5.41) is 19.5. The van der Waals surface area contributed by atoms with Crippen LogP contribution in [0.25, 0.3) is 11.3 Å². The third-order valence-corrected chi connectivity index (χ3v) is 7.63. The van der Waals surface area contributed by atoms with E-state index in [0.29, 0.717) is 28.1 Å². The third kappa shape index (κ3) is 4.24. The summed E-state index contributed by atoms with van der Waals surface area (Å²) >= 11 is 0. The fourth-order valence-electron chi connectivity index (χ4n) is 4.21. The summed E-state index contributed by atoms with van der Waals surface area (Å²) in [7, 11) is -3.79. The number of hydrogen-bond acceptors (Lipinski definition) is 4. The Hall–Kier alpha value is -4.15. The normalized spacial score (nSPS) is 11.2. The number of rotatable bonds is 7. The number of carboxylic acid groups (broad SMARTS) is 1. The van der Waals surface area contributed by atoms with Crippen LogP contribution in [0.4, 0.5) is 0 Å². The Labute approximate surface area is 198 Å². The lowest BCUT2D eigenvalue weighted by Crippen LogP contribution is -2.12. The first-order valence-corrected chi connectivity index (χ1v) is 12.1. The van der Waals surface area contributed by atoms with E-state index < -0.39 is 15.8 Å². The molecule has 0 bridgehead atoms. The van der Waals surface area contributed by atoms with Gasteiger partial charge >= 0.3 is 5.97 Å². The Bertz CT molecular complexity index is 1500. The number of hydrogen-bond donors (Lipinski definition) is 1. The first kappa shape index (κ1) is 23.0. The molecule has 7 heteroatoms. The van der Waals surface area contributed by atoms with Gasteiger partial charge in [-0.3, -0.25) is 4.79 Å². The van der Waals surface area contributed by atoms with Gasteiger partial charge in [-0.05, 0) is 36.2 Å². The number of nitriles is 1. The van der Waals surface area contributed by atoms with Crippen molar-refractivity contribution in [1.29, 1.82) is 5.26 Å². The SMILES string of the molecule is Cc1c(C#N)c(Cc2ccccc2S(=O)(=O)c2ccccc2)c(-c2ccccc2)n1CC(=O)O. The summed E-state index contributed by atoms with van der Waals surface area (Å²) in [5.74, 6) is -1.03. The number of sulfone groups is 1. The van der Waals surface area contributed by atoms with E-state index in [1.54, 1.807) is 66.1 Å². The molecule has 0 radical (unpaired) electrons. The molecule has 0 spiro atoms. The second kappa shape index (κ2) is 9.38. The van der Waals surface area contributed by atoms with E-state index in [9.17, 15) is 23.6 Å². The molecule has 3 aromatic carbocycles. The predicted molar refractivity (Wildman–Crippen MR) is 128 cm³/mol. The van der Waals surface area contributed by atoms with Crippen LogP contribution in [0.3, 0.4) is 0 Å². The fraction of sp³-hybridized carbons (Fsp3) is 0.111. The quantitative estimate of drug-likeness (QED) is 0.416. The van der Waals surface area contributed by atoms with Crippen LogP contribution in [-0.4, -0.2) is 24.1 Å². The predicted octanol–water partition coefficient (Wildman–Crippen LogP) is 4.84. The molecule has 0 saturated carbocycles. The zero-order valence-corrected chi connectivity index (χ0v) is 19.3. The lowest BCUT2D eigenvalue weighted by molar-refractivity contribution is -0.137. The van der Waals surface area contributed by atoms with Crippen molar-refractivity contribution < 1.29 is 18.3 Å². The molecule has 4 aromatic rings. The molecule has 6 nitrogen and oxygen atoms in total. The molecule has 170 valence electrons. The molecule has 0 amide bonds. The summed E-state index contributed by atoms with van der Waals surface area (Å²) < 4.78 is 28.5. The van der Waals surface area contributed by atoms with E-state index in [1.165, 1.54) is 0 Å². The van der Waals surface area contributed by atoms with Gasteiger partial charge in [0.15, 0.2) is 0 Å². The average Bonchev–Trinajstić information content (AvgIpc) is 3.10. The zero-order chi connectivity index (χ0) is 24.3. The van der Waals surface area contributed by atoms with E-state index in [2.05, 4.69) is 6.07 Å². The van der Waals surface area contributed by atoms with Gasteiger partial charge in [0.2, 0.25) is 9.84 Å². The van der Waals surface area contributed by atoms with Crippen molar-refractivity contribution in [2.24, 2.45) is 0 Å². The van der Waals surface area contributed by atoms with Crippen molar-refractivity contribution in [2.75, 3.05) is 0 Å². The molecule has 1 aromatic heterocycles. The van der Waals surface area contributed by atoms with Gasteiger partial charge in [0, 0.05) is 17.7 Å². The Balaban J connectivity index is 1.93. The van der Waals surface area contributed by atoms with Crippen molar-refractivity contribution >= 4 is 15.8 Å². The summed E-state index contributed by atoms with van der Waals surface area (Å²) in [5.41, 5.74) is 3.38. The smallest absolute Gasteiger partial charge is 0.323 e. The van der Waals surface area contributed by atoms with Gasteiger partial charge in [-0.25, -0.2) is 8.42 Å². The highest BCUT2D eigenvalue weighted by Gasteiger charge is 2.26. The molecule has 1 heterocycles. The van der Waals surface area contributed by atoms with Crippen molar-refractivity contribution in [2.45, 2.75) is 29.7 Å². The zero-order valence-electron chi connectivity index (χ0n) is 18.5. The fourth-order valence-corrected chi connectivity index (χ4v) is 5.72. The monoisotopic (exact) mass is 470 g/mol. The van der Waals surface area contributed by atoms with Gasteiger partial charge in [-0.2, -0.15) is 5.26 Å². The molecule has 0 unspecified atom stereocenters. The van der Waals surface area contributed by atoms with Gasteiger partial charge in [0.1, 0.15) is 12.6 Å². The van der Waals surface area contributed by atoms with Crippen LogP contribution >= 0.6 is 0 Å². The Morgan fingerprint density at radius 3 is 2.15 bits per heavy atom. The minimum atomic E-state index is -3.79. The molecule has 0 aliphatic heterocycles. The summed E-state index contributed by atoms with van der Waals surface area (Å²) in [6, 6.07) is 26.4. The standard InChI is InChI=1S/C27H22N2O4S/c1-19-24(17-28)23(27(29(19)18-26(30)31)20-10-4-2-5-11-20)16-21-12-8-9-15-25(21)34(32,33)22-13-6-3-7-14-22/h2-15H,16,18H2,1H3,(H,30,31). The Morgan fingerprint density at radius 1 is 0.941 bits per heavy atom. The first-order valence-electron chi connectivity index (χ1n) is 10.6. The molecule has 0 fully saturated rings. The van der Waals surface area contributed by atoms with E-state index in [0.717, 1.165) is 5.56 Å². The van der Waals surface area contributed by atoms with Crippen molar-refractivity contribution in [3.63, 3.8) is 0 Å². The Morgan fingerprint density at radius 2 is 1.53 bits per heavy atom. The van der Waals surface area contributed by atoms with Gasteiger partial charge in [0.25, 0.3) is 0 Å². The second-order valence-electron chi connectivity index (χ2n) is 7.85. The highest BCUT2D eigenvalue weighted by atomic mass is 32.2. The minimum Gasteiger partial charge on any atom is -0.480 e. The molecule has 0 atom stereocenters. The molecule has 34 heavy (non-hydrogen) atoms. The van der Waals surface area contributed by atoms with E-state index >= 15 is 0 Å². The number of aliphatic carboxylic acids is 1. The molecule has 0 aliphatic carbocycles. The maximum Gasteiger partial charge on any atom is 0.323 e. The summed E-state index contributed by atoms with van der Waals surface area (Å²) in [6.07, 6.45) is 0.156. The van der Waals surface area contributed by atoms with Crippen LogP contribution in [-0.2, 0) is 27.6 Å². The van der Waals surface area contributed by atoms with Crippen LogP contribution in [0.2, 0.25) is 0 Å². The first-order chi connectivity index (χ1) is 16.3. The summed E-state index contributed by atoms with van der Waals surface area (Å²) in [4.78, 5) is 12.0. The molecule has 1 N–H and O–H groups in total. The Kier molecular flexibility index (Phi) is 6.35. The number of carboxylic acids is 1. The van der Waals surface area contributed by atoms with Crippen molar-refractivity contribution in [3.8, 4) is 17.3 Å². The molecule has 4 rings (SSSR count). The van der Waals surface area contributed by atoms with E-state index in [4.69, 9.17) is 0 Å². The van der Waals surface area contributed by atoms with Crippen LogP contribution < -0.4 is 0 Å². The van der Waals surface area contributed by atoms with Gasteiger partial charge in [0.05, 0.1) is 21.0 Å². The lowest BCUT2D eigenvalue weighted by atomic mass is 9.97. The van der Waals surface area contributed by atoms with Crippen LogP contribution in [0.1, 0.15) is 22.4 Å². The second-order valence-corrected chi connectivity index (χ2v) is 9.76. The number of benzene rings is 3. The maximum absolute atomic E-state index is 13.4. The van der Waals surface area contributed by atoms with Gasteiger partial charge in [-0.15, -0.1) is 0 Å². The van der Waals surface area contributed by atoms with Crippen molar-refractivity contribution in [3.05, 3.63) is 107 Å². The topological polar surface area (TPSA) is 100 Å². The van der Waals surface area contributed by atoms with E-state index in [1.807, 2.05) is 30.3 Å². The van der Waals surface area contributed by atoms with Crippen LogP contribution in [0, 0.1) is 18.3 Å². The number of carbonyl (C=O) groups is 1. The molecular formula is C27H22N2O4S. The number of nitrogens with zero attached hydrogens (tertiary/aromatic N) is 2. The number of aromatic nitrogens is 1.